The number of aliphatic hydroxyl groups is 2. The fraction of sp³-hybridized carbons (Fsp3) is 0.390. The number of unbranched alkanes of at least 4 members (excludes halogenated alkanes) is 12. The Balaban J connectivity index is 0.00000128. The van der Waals surface area contributed by atoms with Crippen LogP contribution in [0.3, 0.4) is 0 Å². The Kier molecular flexibility index (Phi) is 52.0. The maximum absolute atomic E-state index is 12.3. The molecule has 6 rings (SSSR count). The Morgan fingerprint density at radius 3 is 1.24 bits per heavy atom. The van der Waals surface area contributed by atoms with Crippen LogP contribution in [0.2, 0.25) is 0 Å². The number of ketones is 3. The second kappa shape index (κ2) is 57.0. The maximum Gasteiger partial charge on any atom is 0.343 e. The number of benzene rings is 6. The van der Waals surface area contributed by atoms with Crippen LogP contribution in [0.25, 0.3) is 18.2 Å². The van der Waals surface area contributed by atoms with Gasteiger partial charge in [0.2, 0.25) is 0 Å². The molecule has 18 heteroatoms. The molecule has 17 nitrogen and oxygen atoms in total. The van der Waals surface area contributed by atoms with Gasteiger partial charge in [0.15, 0.2) is 46.0 Å². The molecule has 0 saturated heterocycles. The van der Waals surface area contributed by atoms with Crippen molar-refractivity contribution >= 4 is 60.1 Å². The minimum atomic E-state index is -0.829. The molecule has 2 unspecified atom stereocenters. The summed E-state index contributed by atoms with van der Waals surface area (Å²) >= 11 is 0. The Morgan fingerprint density at radius 2 is 0.820 bits per heavy atom. The Hall–Kier alpha value is -8.79. The van der Waals surface area contributed by atoms with Gasteiger partial charge in [-0.15, -0.1) is 0 Å². The number of Topliss-reactive ketones (excluding diaryl/α,β-unsaturated/α-hetero) is 3. The molecule has 0 bridgehead atoms. The van der Waals surface area contributed by atoms with E-state index in [2.05, 4.69) is 20.8 Å². The minimum Gasteiger partial charge on any atom is -0.504 e. The molecule has 0 aliphatic carbocycles. The Morgan fingerprint density at radius 1 is 0.440 bits per heavy atom. The number of hydrogen-bond donors (Lipinski definition) is 4. The molecule has 100 heavy (non-hydrogen) atoms. The number of carbonyl (C=O) groups excluding carboxylic acids is 7. The summed E-state index contributed by atoms with van der Waals surface area (Å²) in [6.07, 6.45) is 30.1. The van der Waals surface area contributed by atoms with E-state index < -0.39 is 24.1 Å². The van der Waals surface area contributed by atoms with Gasteiger partial charge < -0.3 is 61.1 Å². The van der Waals surface area contributed by atoms with Gasteiger partial charge in [0, 0.05) is 52.5 Å². The number of phenolic OH excluding ortho intramolecular Hbond substituents is 2. The molecule has 6 aromatic rings. The number of aryl methyl sites for hydroxylation is 1. The molecule has 6 aromatic carbocycles. The molecule has 0 aromatic heterocycles. The largest absolute Gasteiger partial charge is 0.504 e. The zero-order valence-electron chi connectivity index (χ0n) is 59.9. The number of rotatable bonds is 39. The number of aliphatic hydroxyl groups excluding tert-OH is 2. The van der Waals surface area contributed by atoms with Crippen LogP contribution in [0.15, 0.2) is 152 Å². The fourth-order valence-electron chi connectivity index (χ4n) is 9.44. The van der Waals surface area contributed by atoms with E-state index in [1.165, 1.54) is 104 Å². The number of hydrogen-bond acceptors (Lipinski definition) is 17. The molecule has 2 atom stereocenters. The molecular weight excluding hydrogens is 1360 g/mol. The first-order valence-electron chi connectivity index (χ1n) is 33.8. The van der Waals surface area contributed by atoms with Gasteiger partial charge >= 0.3 is 11.9 Å². The zero-order chi connectivity index (χ0) is 72.1. The van der Waals surface area contributed by atoms with Crippen molar-refractivity contribution < 1.29 is 103 Å². The van der Waals surface area contributed by atoms with Crippen LogP contribution in [0.4, 0.5) is 0 Å². The van der Waals surface area contributed by atoms with Gasteiger partial charge in [-0.1, -0.05) is 183 Å². The molecule has 0 saturated carbocycles. The number of ether oxygens (including phenoxy) is 6. The third kappa shape index (κ3) is 40.9. The van der Waals surface area contributed by atoms with Gasteiger partial charge in [-0.05, 0) is 146 Å². The van der Waals surface area contributed by atoms with Gasteiger partial charge in [-0.2, -0.15) is 0 Å². The van der Waals surface area contributed by atoms with Crippen LogP contribution in [-0.4, -0.2) is 103 Å². The molecule has 548 valence electrons. The van der Waals surface area contributed by atoms with Gasteiger partial charge in [0.25, 0.3) is 0 Å². The van der Waals surface area contributed by atoms with Crippen molar-refractivity contribution in [3.8, 4) is 46.0 Å². The third-order valence-corrected chi connectivity index (χ3v) is 14.9. The maximum atomic E-state index is 12.3. The van der Waals surface area contributed by atoms with Crippen molar-refractivity contribution in [3.05, 3.63) is 192 Å². The first kappa shape index (κ1) is 91.2. The van der Waals surface area contributed by atoms with E-state index in [9.17, 15) is 54.0 Å². The van der Waals surface area contributed by atoms with Crippen molar-refractivity contribution in [1.82, 2.24) is 0 Å². The predicted molar refractivity (Wildman–Crippen MR) is 394 cm³/mol. The number of methoxy groups -OCH3 is 4. The van der Waals surface area contributed by atoms with Crippen LogP contribution < -0.4 is 28.4 Å². The van der Waals surface area contributed by atoms with E-state index in [0.29, 0.717) is 89.7 Å². The Labute approximate surface area is 607 Å². The number of aldehydes is 2. The molecule has 0 aliphatic heterocycles. The Bertz CT molecular complexity index is 3360. The summed E-state index contributed by atoms with van der Waals surface area (Å²) in [7, 11) is 5.97. The summed E-state index contributed by atoms with van der Waals surface area (Å²) in [4.78, 5) is 78.9. The van der Waals surface area contributed by atoms with Gasteiger partial charge in [-0.25, -0.2) is 9.59 Å². The van der Waals surface area contributed by atoms with Crippen LogP contribution in [0, 0.1) is 7.43 Å². The molecule has 0 spiro atoms. The van der Waals surface area contributed by atoms with E-state index in [4.69, 9.17) is 28.4 Å². The molecule has 0 fully saturated rings. The van der Waals surface area contributed by atoms with Crippen molar-refractivity contribution in [3.63, 3.8) is 0 Å². The van der Waals surface area contributed by atoms with Crippen LogP contribution in [0.5, 0.6) is 46.0 Å². The van der Waals surface area contributed by atoms with Crippen LogP contribution >= 0.6 is 0 Å². The van der Waals surface area contributed by atoms with E-state index in [0.717, 1.165) is 67.2 Å². The predicted octanol–water partition coefficient (Wildman–Crippen LogP) is 17.7. The standard InChI is InChI=1S/C26H32O5.C19H30O4.C17H14O4.C10H10O3.C9H18O.CH3.Pd/c1-3-4-5-6-10-13-22(27)19-23(28)16-14-20-15-17-24(25(18-20)30-2)31-26(29)21-11-8-7-9-12-21;1-3-4-5-6-7-8-16(20)14-17(21)11-9-15-10-12-18(22)19(13-15)23-2;1-20-16-12-13(6-5-11-18)9-10-15(16)21-17(19)14-7-3-2-4-8-14;1-13-10-7-8(3-2-6-11)4-5-9(10)12;1-3-4-5-6-7-8-9(2)10;;/h7-9,11-12,14-18,23,28H,3-6,10,13,19H2,1-2H3;10,12-13,17,21-22H,3-9,11,14H2,1-2H3;2-12H,1H3;2-7,12H,1H3;3-8H2,1-2H3;1H3;/q;;;;;-1;/b16-14+;;6-5-;3-2-;;;. The first-order valence-corrected chi connectivity index (χ1v) is 33.8. The smallest absolute Gasteiger partial charge is 0.343 e. The summed E-state index contributed by atoms with van der Waals surface area (Å²) in [6.45, 7) is 8.20. The fourth-order valence-corrected chi connectivity index (χ4v) is 9.44. The summed E-state index contributed by atoms with van der Waals surface area (Å²) in [6, 6.07) is 37.6. The van der Waals surface area contributed by atoms with E-state index in [-0.39, 0.29) is 63.8 Å². The average Bonchev–Trinajstić information content (AvgIpc) is 0.871. The monoisotopic (exact) mass is 1470 g/mol. The van der Waals surface area contributed by atoms with E-state index >= 15 is 0 Å². The average molecular weight is 1470 g/mol. The van der Waals surface area contributed by atoms with Crippen LogP contribution in [0.1, 0.15) is 206 Å². The molecule has 0 heterocycles. The second-order valence-electron chi connectivity index (χ2n) is 23.1. The number of esters is 2. The zero-order valence-corrected chi connectivity index (χ0v) is 61.5. The second-order valence-corrected chi connectivity index (χ2v) is 23.1. The van der Waals surface area contributed by atoms with Crippen LogP contribution in [-0.2, 0) is 50.8 Å². The summed E-state index contributed by atoms with van der Waals surface area (Å²) in [5.41, 5.74) is 4.24. The van der Waals surface area contributed by atoms with Crippen molar-refractivity contribution in [2.75, 3.05) is 28.4 Å². The van der Waals surface area contributed by atoms with Crippen molar-refractivity contribution in [2.45, 2.75) is 181 Å². The molecule has 0 aliphatic rings. The molecular formula is C82H107O17Pd-. The minimum absolute atomic E-state index is 0. The van der Waals surface area contributed by atoms with E-state index in [1.54, 1.807) is 146 Å². The third-order valence-electron chi connectivity index (χ3n) is 14.9. The first-order chi connectivity index (χ1) is 47.4. The number of aromatic hydroxyl groups is 2. The summed E-state index contributed by atoms with van der Waals surface area (Å²) in [5.74, 6) is 2.13. The molecule has 0 amide bonds. The quantitative estimate of drug-likeness (QED) is 0.00532. The van der Waals surface area contributed by atoms with E-state index in [1.807, 2.05) is 12.1 Å². The molecule has 0 radical (unpaired) electrons. The number of carbonyl (C=O) groups is 7. The number of phenols is 2. The number of allylic oxidation sites excluding steroid dienone is 2. The van der Waals surface area contributed by atoms with Gasteiger partial charge in [0.05, 0.1) is 51.8 Å². The van der Waals surface area contributed by atoms with Crippen molar-refractivity contribution in [2.24, 2.45) is 0 Å². The normalized spacial score (nSPS) is 11.0. The van der Waals surface area contributed by atoms with Gasteiger partial charge in [0.1, 0.15) is 29.9 Å². The SMILES string of the molecule is CCCCCCCC(=O)CC(O)/C=C/c1ccc(OC(=O)c2ccccc2)c(OC)c1.CCCCCCCC(=O)CC(O)CCc1ccc(O)c(OC)c1.CCCCCCCC(C)=O.COc1cc(/C=C\C=O)ccc1O.COc1cc(/C=C\C=O)ccc1OC(=O)c1ccccc1.[CH3-].[Pd]. The van der Waals surface area contributed by atoms with Gasteiger partial charge in [-0.3, -0.25) is 19.2 Å². The summed E-state index contributed by atoms with van der Waals surface area (Å²) < 4.78 is 31.3. The molecule has 4 N–H and O–H groups in total. The van der Waals surface area contributed by atoms with Crippen molar-refractivity contribution in [1.29, 1.82) is 0 Å². The summed E-state index contributed by atoms with van der Waals surface area (Å²) in [5, 5.41) is 38.9. The topological polar surface area (TPSA) is 256 Å².